The Morgan fingerprint density at radius 3 is 2.74 bits per heavy atom. The Kier molecular flexibility index (Phi) is 3.41. The van der Waals surface area contributed by atoms with Crippen molar-refractivity contribution in [1.82, 2.24) is 9.55 Å². The Morgan fingerprint density at radius 1 is 1.53 bits per heavy atom. The van der Waals surface area contributed by atoms with Gasteiger partial charge in [0.2, 0.25) is 5.91 Å². The average Bonchev–Trinajstić information content (AvgIpc) is 2.76. The zero-order valence-corrected chi connectivity index (χ0v) is 11.9. The third-order valence-corrected chi connectivity index (χ3v) is 3.45. The topological polar surface area (TPSA) is 70.1 Å². The minimum atomic E-state index is -0.911. The molecule has 1 aromatic heterocycles. The SMILES string of the molecule is COc1ccc2nc(CCl)n(C(C)(C)C(N)=O)c2c1. The van der Waals surface area contributed by atoms with Crippen LogP contribution >= 0.6 is 11.6 Å². The summed E-state index contributed by atoms with van der Waals surface area (Å²) in [5, 5.41) is 0. The van der Waals surface area contributed by atoms with Crippen LogP contribution in [-0.4, -0.2) is 22.6 Å². The van der Waals surface area contributed by atoms with Crippen LogP contribution in [0, 0.1) is 0 Å². The largest absolute Gasteiger partial charge is 0.497 e. The lowest BCUT2D eigenvalue weighted by Crippen LogP contribution is -2.41. The van der Waals surface area contributed by atoms with Gasteiger partial charge in [0.25, 0.3) is 0 Å². The van der Waals surface area contributed by atoms with Crippen molar-refractivity contribution < 1.29 is 9.53 Å². The van der Waals surface area contributed by atoms with Crippen LogP contribution in [0.1, 0.15) is 19.7 Å². The fourth-order valence-electron chi connectivity index (χ4n) is 2.06. The number of imidazole rings is 1. The highest BCUT2D eigenvalue weighted by Gasteiger charge is 2.31. The number of amides is 1. The van der Waals surface area contributed by atoms with Gasteiger partial charge < -0.3 is 15.0 Å². The molecule has 0 spiro atoms. The van der Waals surface area contributed by atoms with Gasteiger partial charge >= 0.3 is 0 Å². The van der Waals surface area contributed by atoms with Crippen LogP contribution in [0.15, 0.2) is 18.2 Å². The highest BCUT2D eigenvalue weighted by atomic mass is 35.5. The second-order valence-electron chi connectivity index (χ2n) is 4.77. The van der Waals surface area contributed by atoms with Crippen LogP contribution < -0.4 is 10.5 Å². The summed E-state index contributed by atoms with van der Waals surface area (Å²) in [5.74, 6) is 1.05. The quantitative estimate of drug-likeness (QED) is 0.872. The molecule has 19 heavy (non-hydrogen) atoms. The number of ether oxygens (including phenoxy) is 1. The maximum absolute atomic E-state index is 11.7. The number of fused-ring (bicyclic) bond motifs is 1. The molecule has 0 aliphatic rings. The minimum Gasteiger partial charge on any atom is -0.497 e. The predicted molar refractivity (Wildman–Crippen MR) is 74.4 cm³/mol. The van der Waals surface area contributed by atoms with E-state index in [1.807, 2.05) is 18.2 Å². The van der Waals surface area contributed by atoms with Gasteiger partial charge in [-0.15, -0.1) is 11.6 Å². The van der Waals surface area contributed by atoms with Gasteiger partial charge in [-0.1, -0.05) is 0 Å². The molecule has 0 unspecified atom stereocenters. The number of aromatic nitrogens is 2. The lowest BCUT2D eigenvalue weighted by atomic mass is 10.0. The van der Waals surface area contributed by atoms with Gasteiger partial charge in [0, 0.05) is 6.07 Å². The van der Waals surface area contributed by atoms with Crippen molar-refractivity contribution in [3.8, 4) is 5.75 Å². The Morgan fingerprint density at radius 2 is 2.21 bits per heavy atom. The van der Waals surface area contributed by atoms with E-state index in [-0.39, 0.29) is 5.88 Å². The van der Waals surface area contributed by atoms with Gasteiger partial charge in [0.15, 0.2) is 0 Å². The van der Waals surface area contributed by atoms with E-state index in [0.717, 1.165) is 11.0 Å². The summed E-state index contributed by atoms with van der Waals surface area (Å²) in [7, 11) is 1.59. The number of benzene rings is 1. The number of hydrogen-bond donors (Lipinski definition) is 1. The molecule has 0 bridgehead atoms. The predicted octanol–water partition coefficient (Wildman–Crippen LogP) is 2.00. The van der Waals surface area contributed by atoms with Gasteiger partial charge in [-0.25, -0.2) is 4.98 Å². The maximum Gasteiger partial charge on any atom is 0.243 e. The normalized spacial score (nSPS) is 11.8. The Balaban J connectivity index is 2.79. The summed E-state index contributed by atoms with van der Waals surface area (Å²) in [4.78, 5) is 16.1. The van der Waals surface area contributed by atoms with Gasteiger partial charge in [-0.3, -0.25) is 4.79 Å². The summed E-state index contributed by atoms with van der Waals surface area (Å²) in [6.07, 6.45) is 0. The van der Waals surface area contributed by atoms with E-state index < -0.39 is 11.4 Å². The summed E-state index contributed by atoms with van der Waals surface area (Å²) in [5.41, 5.74) is 6.11. The first-order valence-electron chi connectivity index (χ1n) is 5.83. The van der Waals surface area contributed by atoms with Crippen molar-refractivity contribution in [2.24, 2.45) is 5.73 Å². The standard InChI is InChI=1S/C13H16ClN3O2/c1-13(2,12(15)18)17-10-6-8(19-3)4-5-9(10)16-11(17)7-14/h4-6H,7H2,1-3H3,(H2,15,18). The van der Waals surface area contributed by atoms with E-state index >= 15 is 0 Å². The molecule has 0 fully saturated rings. The number of rotatable bonds is 4. The molecule has 2 N–H and O–H groups in total. The lowest BCUT2D eigenvalue weighted by molar-refractivity contribution is -0.125. The molecule has 0 aliphatic carbocycles. The fourth-order valence-corrected chi connectivity index (χ4v) is 2.23. The van der Waals surface area contributed by atoms with Crippen molar-refractivity contribution in [2.45, 2.75) is 25.3 Å². The van der Waals surface area contributed by atoms with E-state index in [2.05, 4.69) is 4.98 Å². The molecule has 5 nitrogen and oxygen atoms in total. The molecule has 6 heteroatoms. The molecule has 1 heterocycles. The van der Waals surface area contributed by atoms with Gasteiger partial charge in [0.1, 0.15) is 17.1 Å². The summed E-state index contributed by atoms with van der Waals surface area (Å²) in [6, 6.07) is 5.47. The van der Waals surface area contributed by atoms with Crippen LogP contribution in [-0.2, 0) is 16.2 Å². The molecule has 0 atom stereocenters. The molecule has 2 rings (SSSR count). The monoisotopic (exact) mass is 281 g/mol. The number of halogens is 1. The molecule has 0 radical (unpaired) electrons. The third kappa shape index (κ3) is 2.14. The molecule has 102 valence electrons. The molecule has 2 aromatic rings. The smallest absolute Gasteiger partial charge is 0.243 e. The first kappa shape index (κ1) is 13.7. The number of nitrogens with zero attached hydrogens (tertiary/aromatic N) is 2. The van der Waals surface area contributed by atoms with Gasteiger partial charge in [-0.2, -0.15) is 0 Å². The van der Waals surface area contributed by atoms with E-state index in [1.165, 1.54) is 0 Å². The van der Waals surface area contributed by atoms with Gasteiger partial charge in [-0.05, 0) is 26.0 Å². The summed E-state index contributed by atoms with van der Waals surface area (Å²) >= 11 is 5.92. The van der Waals surface area contributed by atoms with Crippen LogP contribution in [0.3, 0.4) is 0 Å². The number of alkyl halides is 1. The molecular weight excluding hydrogens is 266 g/mol. The first-order chi connectivity index (χ1) is 8.91. The average molecular weight is 282 g/mol. The highest BCUT2D eigenvalue weighted by molar-refractivity contribution is 6.17. The zero-order chi connectivity index (χ0) is 14.2. The van der Waals surface area contributed by atoms with Crippen molar-refractivity contribution in [3.63, 3.8) is 0 Å². The number of methoxy groups -OCH3 is 1. The maximum atomic E-state index is 11.7. The molecular formula is C13H16ClN3O2. The van der Waals surface area contributed by atoms with Crippen LogP contribution in [0.4, 0.5) is 0 Å². The van der Waals surface area contributed by atoms with Crippen molar-refractivity contribution >= 4 is 28.5 Å². The van der Waals surface area contributed by atoms with Gasteiger partial charge in [0.05, 0.1) is 24.0 Å². The zero-order valence-electron chi connectivity index (χ0n) is 11.1. The van der Waals surface area contributed by atoms with Crippen LogP contribution in [0.25, 0.3) is 11.0 Å². The molecule has 1 aromatic carbocycles. The number of carbonyl (C=O) groups is 1. The summed E-state index contributed by atoms with van der Waals surface area (Å²) in [6.45, 7) is 3.48. The molecule has 0 aliphatic heterocycles. The van der Waals surface area contributed by atoms with Crippen molar-refractivity contribution in [1.29, 1.82) is 0 Å². The highest BCUT2D eigenvalue weighted by Crippen LogP contribution is 2.28. The van der Waals surface area contributed by atoms with E-state index in [4.69, 9.17) is 22.1 Å². The Hall–Kier alpha value is -1.75. The minimum absolute atomic E-state index is 0.202. The summed E-state index contributed by atoms with van der Waals surface area (Å²) < 4.78 is 6.97. The van der Waals surface area contributed by atoms with Crippen LogP contribution in [0.2, 0.25) is 0 Å². The molecule has 0 saturated heterocycles. The Labute approximate surface area is 116 Å². The second-order valence-corrected chi connectivity index (χ2v) is 5.04. The molecule has 1 amide bonds. The molecule has 0 saturated carbocycles. The van der Waals surface area contributed by atoms with E-state index in [0.29, 0.717) is 11.6 Å². The third-order valence-electron chi connectivity index (χ3n) is 3.21. The second kappa shape index (κ2) is 4.74. The van der Waals surface area contributed by atoms with E-state index in [1.54, 1.807) is 25.5 Å². The van der Waals surface area contributed by atoms with Crippen molar-refractivity contribution in [3.05, 3.63) is 24.0 Å². The number of nitrogens with two attached hydrogens (primary N) is 1. The van der Waals surface area contributed by atoms with Crippen LogP contribution in [0.5, 0.6) is 5.75 Å². The Bertz CT molecular complexity index is 634. The van der Waals surface area contributed by atoms with Crippen molar-refractivity contribution in [2.75, 3.05) is 7.11 Å². The lowest BCUT2D eigenvalue weighted by Gasteiger charge is -2.25. The first-order valence-corrected chi connectivity index (χ1v) is 6.37. The number of carbonyl (C=O) groups excluding carboxylic acids is 1. The number of hydrogen-bond acceptors (Lipinski definition) is 3. The fraction of sp³-hybridized carbons (Fsp3) is 0.385. The van der Waals surface area contributed by atoms with E-state index in [9.17, 15) is 4.79 Å². The number of primary amides is 1.